The smallest absolute Gasteiger partial charge is 0.265 e. The van der Waals surface area contributed by atoms with Crippen molar-refractivity contribution in [1.82, 2.24) is 33.9 Å². The predicted molar refractivity (Wildman–Crippen MR) is 222 cm³/mol. The highest BCUT2D eigenvalue weighted by molar-refractivity contribution is 7.17. The minimum atomic E-state index is -1.18. The Hall–Kier alpha value is -5.98. The minimum absolute atomic E-state index is 0.0381. The Morgan fingerprint density at radius 2 is 1.63 bits per heavy atom. The van der Waals surface area contributed by atoms with E-state index in [2.05, 4.69) is 23.2 Å². The number of thiazole rings is 1. The van der Waals surface area contributed by atoms with E-state index in [1.165, 1.54) is 22.2 Å². The van der Waals surface area contributed by atoms with Crippen LogP contribution in [0.2, 0.25) is 0 Å². The van der Waals surface area contributed by atoms with Crippen LogP contribution in [0.15, 0.2) is 115 Å². The molecule has 0 saturated carbocycles. The molecule has 9 rings (SSSR count). The molecular formula is C45H43N7O4S. The number of piperidine rings is 2. The van der Waals surface area contributed by atoms with Crippen molar-refractivity contribution in [2.45, 2.75) is 51.2 Å². The van der Waals surface area contributed by atoms with E-state index in [-0.39, 0.29) is 35.8 Å². The van der Waals surface area contributed by atoms with E-state index in [4.69, 9.17) is 9.97 Å². The normalized spacial score (nSPS) is 18.3. The van der Waals surface area contributed by atoms with Crippen LogP contribution in [-0.2, 0) is 11.3 Å². The molecule has 2 saturated heterocycles. The summed E-state index contributed by atoms with van der Waals surface area (Å²) in [5.41, 5.74) is 3.62. The number of aryl methyl sites for hydroxylation is 2. The Kier molecular flexibility index (Phi) is 9.54. The molecule has 2 aliphatic heterocycles. The van der Waals surface area contributed by atoms with Crippen molar-refractivity contribution in [1.29, 1.82) is 0 Å². The lowest BCUT2D eigenvalue weighted by Gasteiger charge is -2.43. The first-order valence-electron chi connectivity index (χ1n) is 19.5. The molecule has 6 heterocycles. The molecule has 288 valence electrons. The van der Waals surface area contributed by atoms with Gasteiger partial charge in [-0.1, -0.05) is 66.7 Å². The summed E-state index contributed by atoms with van der Waals surface area (Å²) in [5.74, 6) is -0.543. The molecule has 57 heavy (non-hydrogen) atoms. The maximum absolute atomic E-state index is 14.4. The molecule has 0 aliphatic carbocycles. The van der Waals surface area contributed by atoms with Gasteiger partial charge >= 0.3 is 0 Å². The van der Waals surface area contributed by atoms with E-state index < -0.39 is 5.60 Å². The second kappa shape index (κ2) is 14.8. The molecule has 0 spiro atoms. The van der Waals surface area contributed by atoms with Crippen LogP contribution in [0.5, 0.6) is 0 Å². The van der Waals surface area contributed by atoms with Crippen LogP contribution in [0.1, 0.15) is 51.8 Å². The Morgan fingerprint density at radius 1 is 0.860 bits per heavy atom. The third-order valence-electron chi connectivity index (χ3n) is 11.8. The number of nitrogens with zero attached hydrogens (tertiary/aromatic N) is 7. The van der Waals surface area contributed by atoms with Gasteiger partial charge in [0.1, 0.15) is 16.2 Å². The van der Waals surface area contributed by atoms with Crippen LogP contribution in [-0.4, -0.2) is 82.6 Å². The molecule has 2 atom stereocenters. The molecule has 3 aromatic carbocycles. The second-order valence-electron chi connectivity index (χ2n) is 15.4. The molecule has 4 aromatic heterocycles. The van der Waals surface area contributed by atoms with Gasteiger partial charge < -0.3 is 19.5 Å². The Balaban J connectivity index is 0.889. The SMILES string of the molecule is Cc1ccc(-c2nc(C)c(C(=O)N3CC[C@@H](C(=O)N4CCC(O)(Cn5cnc6c(ccn6-c6cccc7ccccc67)c5=O)CC4)[C@H](c4ccccc4)C3)s2)cn1. The van der Waals surface area contributed by atoms with Gasteiger partial charge in [-0.15, -0.1) is 11.3 Å². The molecule has 0 bridgehead atoms. The van der Waals surface area contributed by atoms with Gasteiger partial charge in [0.25, 0.3) is 11.5 Å². The lowest BCUT2D eigenvalue weighted by atomic mass is 9.79. The average molecular weight is 778 g/mol. The number of carbonyl (C=O) groups excluding carboxylic acids is 2. The van der Waals surface area contributed by atoms with Crippen molar-refractivity contribution < 1.29 is 14.7 Å². The van der Waals surface area contributed by atoms with Crippen molar-refractivity contribution in [2.24, 2.45) is 5.92 Å². The lowest BCUT2D eigenvalue weighted by Crippen LogP contribution is -2.53. The molecule has 12 heteroatoms. The van der Waals surface area contributed by atoms with Crippen LogP contribution in [0.4, 0.5) is 0 Å². The van der Waals surface area contributed by atoms with Crippen LogP contribution < -0.4 is 5.56 Å². The molecular weight excluding hydrogens is 735 g/mol. The van der Waals surface area contributed by atoms with Gasteiger partial charge in [0, 0.05) is 67.1 Å². The van der Waals surface area contributed by atoms with Gasteiger partial charge in [0.2, 0.25) is 5.91 Å². The Morgan fingerprint density at radius 3 is 2.42 bits per heavy atom. The summed E-state index contributed by atoms with van der Waals surface area (Å²) in [6.45, 7) is 5.50. The van der Waals surface area contributed by atoms with Gasteiger partial charge in [0.05, 0.1) is 28.9 Å². The van der Waals surface area contributed by atoms with Gasteiger partial charge in [-0.2, -0.15) is 0 Å². The second-order valence-corrected chi connectivity index (χ2v) is 16.4. The van der Waals surface area contributed by atoms with Crippen LogP contribution in [0.25, 0.3) is 38.1 Å². The molecule has 2 fully saturated rings. The summed E-state index contributed by atoms with van der Waals surface area (Å²) in [4.78, 5) is 60.3. The average Bonchev–Trinajstić information content (AvgIpc) is 3.86. The van der Waals surface area contributed by atoms with Crippen LogP contribution in [0, 0.1) is 19.8 Å². The first-order valence-corrected chi connectivity index (χ1v) is 20.3. The zero-order chi connectivity index (χ0) is 39.3. The van der Waals surface area contributed by atoms with E-state index in [0.717, 1.165) is 38.3 Å². The van der Waals surface area contributed by atoms with Gasteiger partial charge in [0.15, 0.2) is 5.65 Å². The number of amides is 2. The molecule has 1 N–H and O–H groups in total. The summed E-state index contributed by atoms with van der Waals surface area (Å²) >= 11 is 1.38. The quantitative estimate of drug-likeness (QED) is 0.189. The number of benzene rings is 3. The standard InChI is InChI=1S/C45H43N7O4S/c1-29-15-16-33(25-46-29)41-48-30(2)39(57-41)44(55)50-21-17-35(37(26-50)32-9-4-3-5-10-32)42(53)49-23-19-45(56,20-24-49)27-51-28-47-40-36(43(51)54)18-22-52(40)38-14-8-12-31-11-6-7-13-34(31)38/h3-16,18,22,25,28,35,37,56H,17,19-21,23-24,26-27H2,1-2H3/t35-,37+/m1/s1. The zero-order valence-corrected chi connectivity index (χ0v) is 32.7. The molecule has 0 radical (unpaired) electrons. The highest BCUT2D eigenvalue weighted by Crippen LogP contribution is 2.37. The summed E-state index contributed by atoms with van der Waals surface area (Å²) in [7, 11) is 0. The van der Waals surface area contributed by atoms with Gasteiger partial charge in [-0.05, 0) is 68.3 Å². The monoisotopic (exact) mass is 777 g/mol. The number of fused-ring (bicyclic) bond motifs is 2. The summed E-state index contributed by atoms with van der Waals surface area (Å²) in [6.07, 6.45) is 6.36. The van der Waals surface area contributed by atoms with E-state index >= 15 is 0 Å². The first-order chi connectivity index (χ1) is 27.7. The molecule has 0 unspecified atom stereocenters. The number of hydrogen-bond donors (Lipinski definition) is 1. The zero-order valence-electron chi connectivity index (χ0n) is 31.9. The first kappa shape index (κ1) is 36.6. The maximum atomic E-state index is 14.4. The molecule has 7 aromatic rings. The predicted octanol–water partition coefficient (Wildman–Crippen LogP) is 6.78. The summed E-state index contributed by atoms with van der Waals surface area (Å²) < 4.78 is 3.43. The van der Waals surface area contributed by atoms with Crippen molar-refractivity contribution in [3.8, 4) is 16.3 Å². The Bertz CT molecular complexity index is 2670. The number of pyridine rings is 1. The summed E-state index contributed by atoms with van der Waals surface area (Å²) in [5, 5.41) is 15.2. The molecule has 11 nitrogen and oxygen atoms in total. The number of rotatable bonds is 7. The molecule has 2 amide bonds. The van der Waals surface area contributed by atoms with E-state index in [1.54, 1.807) is 12.3 Å². The highest BCUT2D eigenvalue weighted by atomic mass is 32.1. The lowest BCUT2D eigenvalue weighted by molar-refractivity contribution is -0.142. The fraction of sp³-hybridized carbons (Fsp3) is 0.289. The van der Waals surface area contributed by atoms with Crippen molar-refractivity contribution in [3.05, 3.63) is 142 Å². The fourth-order valence-corrected chi connectivity index (χ4v) is 9.58. The van der Waals surface area contributed by atoms with Crippen molar-refractivity contribution >= 4 is 45.0 Å². The van der Waals surface area contributed by atoms with Gasteiger partial charge in [-0.25, -0.2) is 9.97 Å². The number of carbonyl (C=O) groups is 2. The minimum Gasteiger partial charge on any atom is -0.388 e. The van der Waals surface area contributed by atoms with E-state index in [1.807, 2.05) is 101 Å². The largest absolute Gasteiger partial charge is 0.388 e. The third-order valence-corrected chi connectivity index (χ3v) is 13.0. The maximum Gasteiger partial charge on any atom is 0.265 e. The highest BCUT2D eigenvalue weighted by Gasteiger charge is 2.42. The van der Waals surface area contributed by atoms with Gasteiger partial charge in [-0.3, -0.25) is 23.9 Å². The van der Waals surface area contributed by atoms with Crippen molar-refractivity contribution in [3.63, 3.8) is 0 Å². The van der Waals surface area contributed by atoms with Crippen LogP contribution in [0.3, 0.4) is 0 Å². The number of aromatic nitrogens is 5. The topological polar surface area (TPSA) is 126 Å². The van der Waals surface area contributed by atoms with E-state index in [9.17, 15) is 19.5 Å². The number of aliphatic hydroxyl groups is 1. The fourth-order valence-electron chi connectivity index (χ4n) is 8.56. The Labute approximate surface area is 333 Å². The van der Waals surface area contributed by atoms with Crippen molar-refractivity contribution in [2.75, 3.05) is 26.2 Å². The van der Waals surface area contributed by atoms with Crippen LogP contribution >= 0.6 is 11.3 Å². The third kappa shape index (κ3) is 6.93. The number of hydrogen-bond acceptors (Lipinski definition) is 8. The molecule has 2 aliphatic rings. The van der Waals surface area contributed by atoms with E-state index in [0.29, 0.717) is 67.0 Å². The number of likely N-dealkylation sites (tertiary alicyclic amines) is 2. The summed E-state index contributed by atoms with van der Waals surface area (Å²) in [6, 6.07) is 29.9.